The van der Waals surface area contributed by atoms with Crippen molar-refractivity contribution in [1.29, 1.82) is 0 Å². The zero-order valence-electron chi connectivity index (χ0n) is 17.5. The third-order valence-electron chi connectivity index (χ3n) is 5.54. The first kappa shape index (κ1) is 20.2. The van der Waals surface area contributed by atoms with E-state index in [1.165, 1.54) is 0 Å². The molecule has 0 aliphatic carbocycles. The van der Waals surface area contributed by atoms with Crippen LogP contribution in [-0.2, 0) is 11.3 Å². The number of nitrogens with one attached hydrogen (secondary N) is 1. The average molecular weight is 445 g/mol. The topological polar surface area (TPSA) is 52.5 Å². The average Bonchev–Trinajstić information content (AvgIpc) is 3.31. The molecule has 0 saturated heterocycles. The standard InChI is InChI=1S/C26H21ClN2O3/c1-31-24-8-4-5-9-25(24)32-13-12-29-16-17(19-6-2-3-7-23(19)29)14-21-20-11-10-18(27)15-22(20)28-26(21)30/h2-11,14-16H,12-13H2,1H3,(H,28,30). The quantitative estimate of drug-likeness (QED) is 0.378. The van der Waals surface area contributed by atoms with Gasteiger partial charge in [0.1, 0.15) is 6.61 Å². The van der Waals surface area contributed by atoms with Gasteiger partial charge < -0.3 is 19.4 Å². The molecule has 1 aliphatic rings. The molecule has 0 unspecified atom stereocenters. The summed E-state index contributed by atoms with van der Waals surface area (Å²) in [5.41, 5.74) is 4.28. The highest BCUT2D eigenvalue weighted by atomic mass is 35.5. The summed E-state index contributed by atoms with van der Waals surface area (Å²) in [4.78, 5) is 12.6. The molecule has 0 fully saturated rings. The molecule has 2 heterocycles. The number of ether oxygens (including phenoxy) is 2. The maximum Gasteiger partial charge on any atom is 0.256 e. The van der Waals surface area contributed by atoms with Crippen molar-refractivity contribution in [2.75, 3.05) is 19.0 Å². The number of hydrogen-bond donors (Lipinski definition) is 1. The predicted octanol–water partition coefficient (Wildman–Crippen LogP) is 5.88. The molecular weight excluding hydrogens is 424 g/mol. The minimum absolute atomic E-state index is 0.126. The Morgan fingerprint density at radius 3 is 2.66 bits per heavy atom. The number of carbonyl (C=O) groups is 1. The van der Waals surface area contributed by atoms with E-state index in [-0.39, 0.29) is 5.91 Å². The van der Waals surface area contributed by atoms with Gasteiger partial charge in [0.15, 0.2) is 11.5 Å². The number of methoxy groups -OCH3 is 1. The molecule has 0 atom stereocenters. The van der Waals surface area contributed by atoms with E-state index in [9.17, 15) is 4.79 Å². The Labute approximate surface area is 190 Å². The van der Waals surface area contributed by atoms with E-state index in [2.05, 4.69) is 28.2 Å². The second-order valence-electron chi connectivity index (χ2n) is 7.50. The van der Waals surface area contributed by atoms with Crippen LogP contribution in [0, 0.1) is 0 Å². The van der Waals surface area contributed by atoms with Gasteiger partial charge in [-0.1, -0.05) is 48.0 Å². The number of para-hydroxylation sites is 3. The molecule has 32 heavy (non-hydrogen) atoms. The summed E-state index contributed by atoms with van der Waals surface area (Å²) in [5.74, 6) is 1.30. The lowest BCUT2D eigenvalue weighted by Crippen LogP contribution is -2.07. The molecule has 0 radical (unpaired) electrons. The van der Waals surface area contributed by atoms with E-state index in [1.807, 2.05) is 48.5 Å². The Hall–Kier alpha value is -3.70. The number of fused-ring (bicyclic) bond motifs is 2. The van der Waals surface area contributed by atoms with Crippen LogP contribution in [0.3, 0.4) is 0 Å². The molecule has 4 aromatic rings. The Balaban J connectivity index is 1.45. The van der Waals surface area contributed by atoms with Crippen LogP contribution in [0.2, 0.25) is 5.02 Å². The maximum atomic E-state index is 12.6. The second kappa shape index (κ2) is 8.44. The normalized spacial score (nSPS) is 13.9. The number of halogens is 1. The van der Waals surface area contributed by atoms with Gasteiger partial charge in [-0.3, -0.25) is 4.79 Å². The van der Waals surface area contributed by atoms with Crippen LogP contribution in [0.4, 0.5) is 5.69 Å². The molecule has 160 valence electrons. The zero-order valence-corrected chi connectivity index (χ0v) is 18.2. The van der Waals surface area contributed by atoms with Crippen LogP contribution in [0.5, 0.6) is 11.5 Å². The second-order valence-corrected chi connectivity index (χ2v) is 7.93. The number of carbonyl (C=O) groups excluding carboxylic acids is 1. The van der Waals surface area contributed by atoms with Gasteiger partial charge in [0.05, 0.1) is 19.3 Å². The van der Waals surface area contributed by atoms with E-state index >= 15 is 0 Å². The number of amides is 1. The number of anilines is 1. The summed E-state index contributed by atoms with van der Waals surface area (Å²) in [5, 5.41) is 4.57. The molecule has 5 nitrogen and oxygen atoms in total. The molecule has 1 aliphatic heterocycles. The number of aromatic nitrogens is 1. The minimum Gasteiger partial charge on any atom is -0.493 e. The fraction of sp³-hybridized carbons (Fsp3) is 0.115. The fourth-order valence-corrected chi connectivity index (χ4v) is 4.20. The van der Waals surface area contributed by atoms with Gasteiger partial charge in [-0.2, -0.15) is 0 Å². The monoisotopic (exact) mass is 444 g/mol. The molecule has 1 N–H and O–H groups in total. The van der Waals surface area contributed by atoms with Crippen LogP contribution in [0.1, 0.15) is 11.1 Å². The van der Waals surface area contributed by atoms with E-state index in [0.717, 1.165) is 27.7 Å². The smallest absolute Gasteiger partial charge is 0.256 e. The van der Waals surface area contributed by atoms with Crippen molar-refractivity contribution in [2.24, 2.45) is 0 Å². The van der Waals surface area contributed by atoms with Crippen molar-refractivity contribution >= 4 is 45.7 Å². The maximum absolute atomic E-state index is 12.6. The van der Waals surface area contributed by atoms with Crippen molar-refractivity contribution in [3.63, 3.8) is 0 Å². The molecule has 1 aromatic heterocycles. The minimum atomic E-state index is -0.126. The zero-order chi connectivity index (χ0) is 22.1. The number of rotatable bonds is 6. The van der Waals surface area contributed by atoms with Crippen molar-refractivity contribution < 1.29 is 14.3 Å². The Morgan fingerprint density at radius 2 is 1.81 bits per heavy atom. The summed E-state index contributed by atoms with van der Waals surface area (Å²) in [6.45, 7) is 1.14. The summed E-state index contributed by atoms with van der Waals surface area (Å²) >= 11 is 6.08. The third-order valence-corrected chi connectivity index (χ3v) is 5.78. The van der Waals surface area contributed by atoms with Crippen LogP contribution >= 0.6 is 11.6 Å². The number of benzene rings is 3. The van der Waals surface area contributed by atoms with E-state index in [0.29, 0.717) is 35.2 Å². The van der Waals surface area contributed by atoms with E-state index < -0.39 is 0 Å². The van der Waals surface area contributed by atoms with Crippen LogP contribution in [0.15, 0.2) is 72.9 Å². The van der Waals surface area contributed by atoms with Crippen molar-refractivity contribution in [2.45, 2.75) is 6.54 Å². The lowest BCUT2D eigenvalue weighted by atomic mass is 10.0. The van der Waals surface area contributed by atoms with Crippen LogP contribution in [0.25, 0.3) is 22.6 Å². The summed E-state index contributed by atoms with van der Waals surface area (Å²) in [6, 6.07) is 21.2. The molecular formula is C26H21ClN2O3. The molecule has 6 heteroatoms. The van der Waals surface area contributed by atoms with Crippen molar-refractivity contribution in [1.82, 2.24) is 4.57 Å². The summed E-state index contributed by atoms with van der Waals surface area (Å²) < 4.78 is 13.5. The van der Waals surface area contributed by atoms with Gasteiger partial charge >= 0.3 is 0 Å². The Kier molecular flexibility index (Phi) is 5.33. The Morgan fingerprint density at radius 1 is 1.03 bits per heavy atom. The van der Waals surface area contributed by atoms with E-state index in [4.69, 9.17) is 21.1 Å². The highest BCUT2D eigenvalue weighted by Crippen LogP contribution is 2.36. The third kappa shape index (κ3) is 3.72. The SMILES string of the molecule is COc1ccccc1OCCn1cc(C=C2C(=O)Nc3cc(Cl)ccc32)c2ccccc21. The van der Waals surface area contributed by atoms with Crippen molar-refractivity contribution in [3.05, 3.63) is 89.1 Å². The van der Waals surface area contributed by atoms with Gasteiger partial charge in [-0.15, -0.1) is 0 Å². The lowest BCUT2D eigenvalue weighted by molar-refractivity contribution is -0.110. The number of nitrogens with zero attached hydrogens (tertiary/aromatic N) is 1. The van der Waals surface area contributed by atoms with Crippen LogP contribution < -0.4 is 14.8 Å². The molecule has 0 saturated carbocycles. The lowest BCUT2D eigenvalue weighted by Gasteiger charge is -2.11. The fourth-order valence-electron chi connectivity index (χ4n) is 4.03. The molecule has 5 rings (SSSR count). The van der Waals surface area contributed by atoms with Gasteiger partial charge in [-0.05, 0) is 36.4 Å². The first-order chi connectivity index (χ1) is 15.6. The van der Waals surface area contributed by atoms with E-state index in [1.54, 1.807) is 19.2 Å². The Bertz CT molecular complexity index is 1360. The molecule has 0 bridgehead atoms. The van der Waals surface area contributed by atoms with Gasteiger partial charge in [0.2, 0.25) is 0 Å². The summed E-state index contributed by atoms with van der Waals surface area (Å²) in [6.07, 6.45) is 4.00. The van der Waals surface area contributed by atoms with Crippen molar-refractivity contribution in [3.8, 4) is 11.5 Å². The van der Waals surface area contributed by atoms with Gasteiger partial charge in [-0.25, -0.2) is 0 Å². The predicted molar refractivity (Wildman–Crippen MR) is 128 cm³/mol. The molecule has 3 aromatic carbocycles. The first-order valence-corrected chi connectivity index (χ1v) is 10.7. The highest BCUT2D eigenvalue weighted by Gasteiger charge is 2.24. The van der Waals surface area contributed by atoms with Gasteiger partial charge in [0.25, 0.3) is 5.91 Å². The molecule has 1 amide bonds. The number of hydrogen-bond acceptors (Lipinski definition) is 3. The largest absolute Gasteiger partial charge is 0.493 e. The molecule has 0 spiro atoms. The summed E-state index contributed by atoms with van der Waals surface area (Å²) in [7, 11) is 1.63. The highest BCUT2D eigenvalue weighted by molar-refractivity contribution is 6.36. The van der Waals surface area contributed by atoms with Crippen LogP contribution in [-0.4, -0.2) is 24.2 Å². The van der Waals surface area contributed by atoms with Gasteiger partial charge in [0, 0.05) is 38.8 Å². The first-order valence-electron chi connectivity index (χ1n) is 10.3.